The normalized spacial score (nSPS) is 9.07. The number of carbonyl (C=O) groups is 1. The number of benzene rings is 1. The molecule has 0 unspecified atom stereocenters. The molecule has 1 aromatic carbocycles. The van der Waals surface area contributed by atoms with Gasteiger partial charge in [-0.05, 0) is 12.5 Å². The van der Waals surface area contributed by atoms with Crippen LogP contribution in [0.2, 0.25) is 0 Å². The minimum Gasteiger partial charge on any atom is -0.450 e. The Morgan fingerprint density at radius 1 is 1.33 bits per heavy atom. The first-order valence-corrected chi connectivity index (χ1v) is 4.56. The lowest BCUT2D eigenvalue weighted by Crippen LogP contribution is -2.19. The largest absolute Gasteiger partial charge is 0.450 e. The van der Waals surface area contributed by atoms with Crippen molar-refractivity contribution in [3.63, 3.8) is 0 Å². The molecule has 1 aromatic rings. The van der Waals surface area contributed by atoms with Gasteiger partial charge < -0.3 is 21.9 Å². The van der Waals surface area contributed by atoms with Gasteiger partial charge in [-0.2, -0.15) is 0 Å². The third kappa shape index (κ3) is 7.48. The molecule has 15 heavy (non-hydrogen) atoms. The standard InChI is InChI=1S/C7H10N2.C3H7NO2/c8-7(9)6-4-2-1-3-5-6;1-2-6-3(4)5/h1-5,7H,8-9H2;2H2,1H3,(H2,4,5). The highest BCUT2D eigenvalue weighted by atomic mass is 16.5. The summed E-state index contributed by atoms with van der Waals surface area (Å²) in [5.74, 6) is 0. The average molecular weight is 211 g/mol. The van der Waals surface area contributed by atoms with Crippen LogP contribution in [-0.2, 0) is 4.74 Å². The Hall–Kier alpha value is -1.59. The number of hydrogen-bond donors (Lipinski definition) is 3. The fourth-order valence-corrected chi connectivity index (χ4v) is 0.818. The van der Waals surface area contributed by atoms with E-state index in [2.05, 4.69) is 10.5 Å². The maximum Gasteiger partial charge on any atom is 0.404 e. The maximum atomic E-state index is 9.60. The summed E-state index contributed by atoms with van der Waals surface area (Å²) in [5.41, 5.74) is 16.3. The van der Waals surface area contributed by atoms with Gasteiger partial charge in [0.2, 0.25) is 0 Å². The van der Waals surface area contributed by atoms with Crippen molar-refractivity contribution in [3.05, 3.63) is 35.9 Å². The van der Waals surface area contributed by atoms with Gasteiger partial charge in [0.15, 0.2) is 0 Å². The maximum absolute atomic E-state index is 9.60. The first-order chi connectivity index (χ1) is 7.07. The molecule has 0 fully saturated rings. The number of hydrogen-bond acceptors (Lipinski definition) is 4. The van der Waals surface area contributed by atoms with Gasteiger partial charge in [-0.1, -0.05) is 30.3 Å². The molecular weight excluding hydrogens is 194 g/mol. The molecule has 0 aliphatic heterocycles. The Morgan fingerprint density at radius 2 is 1.87 bits per heavy atom. The molecule has 0 saturated heterocycles. The molecule has 0 aliphatic rings. The van der Waals surface area contributed by atoms with E-state index in [0.717, 1.165) is 5.56 Å². The lowest BCUT2D eigenvalue weighted by Gasteiger charge is -2.02. The molecule has 1 amide bonds. The van der Waals surface area contributed by atoms with Gasteiger partial charge in [0.25, 0.3) is 0 Å². The van der Waals surface area contributed by atoms with Gasteiger partial charge in [0, 0.05) is 0 Å². The minimum atomic E-state index is -0.711. The van der Waals surface area contributed by atoms with Gasteiger partial charge in [-0.25, -0.2) is 4.79 Å². The monoisotopic (exact) mass is 211 g/mol. The highest BCUT2D eigenvalue weighted by molar-refractivity contribution is 5.64. The number of rotatable bonds is 2. The molecule has 0 atom stereocenters. The fraction of sp³-hybridized carbons (Fsp3) is 0.300. The first-order valence-electron chi connectivity index (χ1n) is 4.56. The molecule has 0 bridgehead atoms. The molecule has 0 spiro atoms. The molecule has 0 aliphatic carbocycles. The summed E-state index contributed by atoms with van der Waals surface area (Å²) in [7, 11) is 0. The molecule has 1 rings (SSSR count). The van der Waals surface area contributed by atoms with Crippen LogP contribution in [-0.4, -0.2) is 12.7 Å². The van der Waals surface area contributed by atoms with Crippen molar-refractivity contribution in [1.29, 1.82) is 0 Å². The molecule has 5 heteroatoms. The summed E-state index contributed by atoms with van der Waals surface area (Å²) in [4.78, 5) is 9.60. The Bertz CT molecular complexity index is 275. The molecule has 0 saturated carbocycles. The van der Waals surface area contributed by atoms with Crippen LogP contribution in [0, 0.1) is 0 Å². The Labute approximate surface area is 89.2 Å². The van der Waals surface area contributed by atoms with E-state index in [1.54, 1.807) is 6.92 Å². The topological polar surface area (TPSA) is 104 Å². The van der Waals surface area contributed by atoms with Gasteiger partial charge in [0.05, 0.1) is 12.8 Å². The summed E-state index contributed by atoms with van der Waals surface area (Å²) in [6, 6.07) is 9.59. The van der Waals surface area contributed by atoms with E-state index >= 15 is 0 Å². The average Bonchev–Trinajstić information content (AvgIpc) is 2.20. The van der Waals surface area contributed by atoms with Crippen LogP contribution in [0.1, 0.15) is 18.7 Å². The Kier molecular flexibility index (Phi) is 6.96. The smallest absolute Gasteiger partial charge is 0.404 e. The number of amides is 1. The van der Waals surface area contributed by atoms with Gasteiger partial charge in [0.1, 0.15) is 0 Å². The van der Waals surface area contributed by atoms with Crippen LogP contribution in [0.3, 0.4) is 0 Å². The first kappa shape index (κ1) is 13.4. The summed E-state index contributed by atoms with van der Waals surface area (Å²) >= 11 is 0. The van der Waals surface area contributed by atoms with Crippen LogP contribution in [0.15, 0.2) is 30.3 Å². The summed E-state index contributed by atoms with van der Waals surface area (Å²) in [6.45, 7) is 2.06. The molecular formula is C10H17N3O2. The molecule has 6 N–H and O–H groups in total. The highest BCUT2D eigenvalue weighted by Gasteiger charge is 1.93. The van der Waals surface area contributed by atoms with Gasteiger partial charge in [-0.3, -0.25) is 0 Å². The van der Waals surface area contributed by atoms with Crippen molar-refractivity contribution >= 4 is 6.09 Å². The number of carbonyl (C=O) groups excluding carboxylic acids is 1. The molecule has 0 radical (unpaired) electrons. The van der Waals surface area contributed by atoms with Crippen LogP contribution >= 0.6 is 0 Å². The van der Waals surface area contributed by atoms with Crippen LogP contribution in [0.5, 0.6) is 0 Å². The minimum absolute atomic E-state index is 0.341. The van der Waals surface area contributed by atoms with Crippen molar-refractivity contribution in [2.45, 2.75) is 13.1 Å². The van der Waals surface area contributed by atoms with E-state index < -0.39 is 6.09 Å². The van der Waals surface area contributed by atoms with Crippen LogP contribution in [0.4, 0.5) is 4.79 Å². The highest BCUT2D eigenvalue weighted by Crippen LogP contribution is 2.01. The second-order valence-electron chi connectivity index (χ2n) is 2.69. The van der Waals surface area contributed by atoms with Gasteiger partial charge >= 0.3 is 6.09 Å². The summed E-state index contributed by atoms with van der Waals surface area (Å²) in [6.07, 6.45) is -1.05. The molecule has 0 aromatic heterocycles. The predicted octanol–water partition coefficient (Wildman–Crippen LogP) is 0.704. The zero-order valence-electron chi connectivity index (χ0n) is 8.72. The number of ether oxygens (including phenoxy) is 1. The molecule has 0 heterocycles. The Balaban J connectivity index is 0.000000288. The van der Waals surface area contributed by atoms with E-state index in [4.69, 9.17) is 11.5 Å². The zero-order valence-corrected chi connectivity index (χ0v) is 8.72. The van der Waals surface area contributed by atoms with E-state index in [-0.39, 0.29) is 6.17 Å². The second-order valence-corrected chi connectivity index (χ2v) is 2.69. The van der Waals surface area contributed by atoms with Crippen molar-refractivity contribution in [3.8, 4) is 0 Å². The zero-order chi connectivity index (χ0) is 11.7. The Morgan fingerprint density at radius 3 is 2.07 bits per heavy atom. The SMILES string of the molecule is CCOC(N)=O.NC(N)c1ccccc1. The second kappa shape index (κ2) is 7.78. The predicted molar refractivity (Wildman–Crippen MR) is 58.8 cm³/mol. The van der Waals surface area contributed by atoms with E-state index in [1.807, 2.05) is 30.3 Å². The third-order valence-corrected chi connectivity index (χ3v) is 1.47. The molecule has 5 nitrogen and oxygen atoms in total. The van der Waals surface area contributed by atoms with Crippen LogP contribution < -0.4 is 17.2 Å². The van der Waals surface area contributed by atoms with Crippen molar-refractivity contribution in [2.75, 3.05) is 6.61 Å². The summed E-state index contributed by atoms with van der Waals surface area (Å²) < 4.78 is 4.18. The van der Waals surface area contributed by atoms with Crippen molar-refractivity contribution < 1.29 is 9.53 Å². The number of primary amides is 1. The van der Waals surface area contributed by atoms with Crippen molar-refractivity contribution in [1.82, 2.24) is 0 Å². The van der Waals surface area contributed by atoms with E-state index in [9.17, 15) is 4.79 Å². The summed E-state index contributed by atoms with van der Waals surface area (Å²) in [5, 5.41) is 0. The van der Waals surface area contributed by atoms with Crippen LogP contribution in [0.25, 0.3) is 0 Å². The number of nitrogens with two attached hydrogens (primary N) is 3. The van der Waals surface area contributed by atoms with Gasteiger partial charge in [-0.15, -0.1) is 0 Å². The lowest BCUT2D eigenvalue weighted by molar-refractivity contribution is 0.163. The van der Waals surface area contributed by atoms with E-state index in [1.165, 1.54) is 0 Å². The fourth-order valence-electron chi connectivity index (χ4n) is 0.818. The lowest BCUT2D eigenvalue weighted by atomic mass is 10.2. The molecule has 84 valence electrons. The van der Waals surface area contributed by atoms with Crippen molar-refractivity contribution in [2.24, 2.45) is 17.2 Å². The van der Waals surface area contributed by atoms with E-state index in [0.29, 0.717) is 6.61 Å². The third-order valence-electron chi connectivity index (χ3n) is 1.47. The quantitative estimate of drug-likeness (QED) is 0.626.